The number of ether oxygens (including phenoxy) is 3. The Morgan fingerprint density at radius 1 is 1.11 bits per heavy atom. The fourth-order valence-electron chi connectivity index (χ4n) is 4.44. The molecule has 1 unspecified atom stereocenters. The summed E-state index contributed by atoms with van der Waals surface area (Å²) in [6.07, 6.45) is 2.16. The Morgan fingerprint density at radius 3 is 2.45 bits per heavy atom. The first-order valence-corrected chi connectivity index (χ1v) is 13.6. The molecule has 1 aliphatic rings. The minimum atomic E-state index is -0.585. The van der Waals surface area contributed by atoms with Gasteiger partial charge in [-0.2, -0.15) is 4.98 Å². The summed E-state index contributed by atoms with van der Waals surface area (Å²) in [4.78, 5) is 18.6. The minimum Gasteiger partial charge on any atom is -0.493 e. The van der Waals surface area contributed by atoms with Gasteiger partial charge in [-0.05, 0) is 62.1 Å². The van der Waals surface area contributed by atoms with Crippen LogP contribution in [0.15, 0.2) is 46.8 Å². The van der Waals surface area contributed by atoms with Gasteiger partial charge in [-0.25, -0.2) is 4.68 Å². The first kappa shape index (κ1) is 27.4. The number of carbonyl (C=O) groups excluding carboxylic acids is 1. The van der Waals surface area contributed by atoms with E-state index in [1.807, 2.05) is 51.1 Å². The fraction of sp³-hybridized carbons (Fsp3) is 0.393. The minimum absolute atomic E-state index is 0.233. The second-order valence-corrected chi connectivity index (χ2v) is 10.2. The summed E-state index contributed by atoms with van der Waals surface area (Å²) < 4.78 is 18.6. The van der Waals surface area contributed by atoms with E-state index in [-0.39, 0.29) is 5.91 Å². The summed E-state index contributed by atoms with van der Waals surface area (Å²) in [6.45, 7) is 8.06. The van der Waals surface area contributed by atoms with Gasteiger partial charge in [-0.1, -0.05) is 37.2 Å². The van der Waals surface area contributed by atoms with Gasteiger partial charge in [0.05, 0.1) is 26.9 Å². The third kappa shape index (κ3) is 5.31. The normalized spacial score (nSPS) is 14.6. The number of nitrogens with one attached hydrogen (secondary N) is 2. The maximum atomic E-state index is 13.9. The summed E-state index contributed by atoms with van der Waals surface area (Å²) in [5.41, 5.74) is 4.84. The van der Waals surface area contributed by atoms with Crippen LogP contribution in [-0.2, 0) is 4.79 Å². The van der Waals surface area contributed by atoms with E-state index >= 15 is 0 Å². The summed E-state index contributed by atoms with van der Waals surface area (Å²) in [5.74, 6) is 2.72. The number of nitrogens with zero attached hydrogens (tertiary/aromatic N) is 3. The second kappa shape index (κ2) is 11.8. The van der Waals surface area contributed by atoms with E-state index in [0.29, 0.717) is 39.6 Å². The molecule has 0 radical (unpaired) electrons. The molecule has 0 aliphatic carbocycles. The zero-order valence-electron chi connectivity index (χ0n) is 23.0. The lowest BCUT2D eigenvalue weighted by molar-refractivity contribution is -0.113. The van der Waals surface area contributed by atoms with Crippen LogP contribution in [0.5, 0.6) is 17.2 Å². The number of thioether (sulfide) groups is 1. The molecule has 1 aromatic heterocycles. The molecule has 2 N–H and O–H groups in total. The van der Waals surface area contributed by atoms with E-state index in [4.69, 9.17) is 24.3 Å². The molecule has 0 spiro atoms. The molecule has 0 bridgehead atoms. The number of hydrogen-bond acceptors (Lipinski definition) is 8. The molecular formula is C28H35N5O4S. The monoisotopic (exact) mass is 537 g/mol. The van der Waals surface area contributed by atoms with Crippen LogP contribution in [0.1, 0.15) is 49.4 Å². The number of methoxy groups -OCH3 is 3. The number of amides is 1. The number of aromatic nitrogens is 3. The number of anilines is 2. The van der Waals surface area contributed by atoms with Crippen LogP contribution >= 0.6 is 11.8 Å². The fourth-order valence-corrected chi connectivity index (χ4v) is 5.35. The van der Waals surface area contributed by atoms with E-state index in [1.165, 1.54) is 0 Å². The average Bonchev–Trinajstić information content (AvgIpc) is 3.31. The van der Waals surface area contributed by atoms with E-state index in [1.54, 1.807) is 37.8 Å². The zero-order chi connectivity index (χ0) is 27.4. The van der Waals surface area contributed by atoms with Crippen LogP contribution in [0.4, 0.5) is 11.6 Å². The van der Waals surface area contributed by atoms with Gasteiger partial charge in [0.2, 0.25) is 16.9 Å². The van der Waals surface area contributed by atoms with Crippen molar-refractivity contribution in [2.24, 2.45) is 0 Å². The quantitative estimate of drug-likeness (QED) is 0.250. The Morgan fingerprint density at radius 2 is 1.82 bits per heavy atom. The second-order valence-electron chi connectivity index (χ2n) is 9.09. The molecule has 202 valence electrons. The van der Waals surface area contributed by atoms with Gasteiger partial charge in [0.1, 0.15) is 6.04 Å². The van der Waals surface area contributed by atoms with Gasteiger partial charge in [0, 0.05) is 17.1 Å². The average molecular weight is 538 g/mol. The molecule has 2 heterocycles. The van der Waals surface area contributed by atoms with Gasteiger partial charge < -0.3 is 24.8 Å². The first-order valence-electron chi connectivity index (χ1n) is 12.6. The maximum Gasteiger partial charge on any atom is 0.255 e. The van der Waals surface area contributed by atoms with Crippen LogP contribution in [0, 0.1) is 13.8 Å². The van der Waals surface area contributed by atoms with Crippen molar-refractivity contribution in [2.45, 2.75) is 51.7 Å². The summed E-state index contributed by atoms with van der Waals surface area (Å²) >= 11 is 1.60. The Labute approximate surface area is 228 Å². The molecule has 0 saturated carbocycles. The lowest BCUT2D eigenvalue weighted by Gasteiger charge is -2.29. The molecule has 9 nitrogen and oxygen atoms in total. The van der Waals surface area contributed by atoms with E-state index < -0.39 is 6.04 Å². The van der Waals surface area contributed by atoms with Gasteiger partial charge in [0.25, 0.3) is 5.91 Å². The molecule has 1 atom stereocenters. The molecule has 0 fully saturated rings. The van der Waals surface area contributed by atoms with Crippen LogP contribution < -0.4 is 24.8 Å². The number of benzene rings is 2. The van der Waals surface area contributed by atoms with Crippen molar-refractivity contribution in [2.75, 3.05) is 37.7 Å². The van der Waals surface area contributed by atoms with Gasteiger partial charge in [-0.15, -0.1) is 5.10 Å². The number of hydrogen-bond donors (Lipinski definition) is 2. The highest BCUT2D eigenvalue weighted by molar-refractivity contribution is 7.99. The van der Waals surface area contributed by atoms with Crippen molar-refractivity contribution in [3.8, 4) is 17.2 Å². The van der Waals surface area contributed by atoms with Gasteiger partial charge >= 0.3 is 0 Å². The smallest absolute Gasteiger partial charge is 0.255 e. The van der Waals surface area contributed by atoms with E-state index in [0.717, 1.165) is 41.0 Å². The van der Waals surface area contributed by atoms with Crippen molar-refractivity contribution in [3.05, 3.63) is 58.3 Å². The number of unbranched alkanes of at least 4 members (excludes halogenated alkanes) is 1. The van der Waals surface area contributed by atoms with Crippen molar-refractivity contribution in [1.29, 1.82) is 0 Å². The number of rotatable bonds is 10. The summed E-state index contributed by atoms with van der Waals surface area (Å²) in [5, 5.41) is 11.9. The molecule has 3 aromatic rings. The molecule has 4 rings (SSSR count). The van der Waals surface area contributed by atoms with E-state index in [2.05, 4.69) is 17.6 Å². The molecule has 38 heavy (non-hydrogen) atoms. The predicted molar refractivity (Wildman–Crippen MR) is 151 cm³/mol. The molecule has 2 aromatic carbocycles. The number of aryl methyl sites for hydroxylation is 1. The Kier molecular flexibility index (Phi) is 8.51. The molecule has 1 amide bonds. The van der Waals surface area contributed by atoms with Crippen LogP contribution in [0.25, 0.3) is 0 Å². The predicted octanol–water partition coefficient (Wildman–Crippen LogP) is 5.74. The van der Waals surface area contributed by atoms with Crippen LogP contribution in [0.2, 0.25) is 0 Å². The van der Waals surface area contributed by atoms with Crippen LogP contribution in [-0.4, -0.2) is 47.8 Å². The molecule has 0 saturated heterocycles. The third-order valence-electron chi connectivity index (χ3n) is 6.66. The van der Waals surface area contributed by atoms with Crippen LogP contribution in [0.3, 0.4) is 0 Å². The highest BCUT2D eigenvalue weighted by atomic mass is 32.2. The van der Waals surface area contributed by atoms with Crippen molar-refractivity contribution in [1.82, 2.24) is 14.8 Å². The first-order chi connectivity index (χ1) is 18.3. The van der Waals surface area contributed by atoms with Crippen molar-refractivity contribution in [3.63, 3.8) is 0 Å². The number of carbonyl (C=O) groups is 1. The van der Waals surface area contributed by atoms with Gasteiger partial charge in [0.15, 0.2) is 11.5 Å². The van der Waals surface area contributed by atoms with E-state index in [9.17, 15) is 4.79 Å². The highest BCUT2D eigenvalue weighted by Crippen LogP contribution is 2.44. The lowest BCUT2D eigenvalue weighted by atomic mass is 9.94. The highest BCUT2D eigenvalue weighted by Gasteiger charge is 2.36. The summed E-state index contributed by atoms with van der Waals surface area (Å²) in [7, 11) is 4.71. The Bertz CT molecular complexity index is 1340. The summed E-state index contributed by atoms with van der Waals surface area (Å²) in [6, 6.07) is 8.99. The third-order valence-corrected chi connectivity index (χ3v) is 7.59. The SMILES string of the molecule is CCCCSc1nc2n(n1)C(c1cc(OC)c(OC)c(OC)c1)C(C(=O)Nc1cccc(C)c1C)=C(C)N2. The van der Waals surface area contributed by atoms with Crippen molar-refractivity contribution < 1.29 is 19.0 Å². The number of fused-ring (bicyclic) bond motifs is 1. The van der Waals surface area contributed by atoms with Crippen molar-refractivity contribution >= 4 is 29.3 Å². The maximum absolute atomic E-state index is 13.9. The number of allylic oxidation sites excluding steroid dienone is 1. The molecule has 10 heteroatoms. The Hall–Kier alpha value is -3.66. The Balaban J connectivity index is 1.84. The molecular weight excluding hydrogens is 502 g/mol. The molecule has 1 aliphatic heterocycles. The largest absolute Gasteiger partial charge is 0.493 e. The lowest BCUT2D eigenvalue weighted by Crippen LogP contribution is -2.31. The standard InChI is InChI=1S/C28H35N5O4S/c1-8-9-13-38-28-31-27-29-18(4)23(26(34)30-20-12-10-11-16(2)17(20)3)24(33(27)32-28)19-14-21(35-5)25(37-7)22(15-19)36-6/h10-12,14-15,24H,8-9,13H2,1-7H3,(H,30,34)(H,29,31,32). The zero-order valence-corrected chi connectivity index (χ0v) is 23.8. The van der Waals surface area contributed by atoms with Gasteiger partial charge in [-0.3, -0.25) is 4.79 Å². The topological polar surface area (TPSA) is 99.5 Å².